The van der Waals surface area contributed by atoms with Crippen molar-refractivity contribution >= 4 is 23.1 Å². The summed E-state index contributed by atoms with van der Waals surface area (Å²) < 4.78 is 0. The molecule has 0 unspecified atom stereocenters. The van der Waals surface area contributed by atoms with Crippen molar-refractivity contribution in [2.24, 2.45) is 0 Å². The van der Waals surface area contributed by atoms with E-state index in [0.29, 0.717) is 28.6 Å². The van der Waals surface area contributed by atoms with E-state index in [1.165, 1.54) is 0 Å². The number of aromatic nitrogens is 2. The van der Waals surface area contributed by atoms with Crippen LogP contribution in [0.3, 0.4) is 0 Å². The molecule has 6 nitrogen and oxygen atoms in total. The second kappa shape index (κ2) is 8.67. The maximum Gasteiger partial charge on any atom is 0.274 e. The monoisotopic (exact) mass is 391 g/mol. The largest absolute Gasteiger partial charge is 0.339 e. The van der Waals surface area contributed by atoms with E-state index in [-0.39, 0.29) is 11.6 Å². The number of hydrogen-bond donors (Lipinski definition) is 2. The molecule has 0 saturated carbocycles. The van der Waals surface area contributed by atoms with Crippen molar-refractivity contribution in [3.05, 3.63) is 102 Å². The fourth-order valence-corrected chi connectivity index (χ4v) is 2.89. The quantitative estimate of drug-likeness (QED) is 0.499. The molecule has 30 heavy (non-hydrogen) atoms. The lowest BCUT2D eigenvalue weighted by Gasteiger charge is -2.11. The van der Waals surface area contributed by atoms with Crippen molar-refractivity contribution in [3.63, 3.8) is 0 Å². The van der Waals surface area contributed by atoms with Gasteiger partial charge in [0.05, 0.1) is 11.3 Å². The van der Waals surface area contributed by atoms with Crippen LogP contribution in [0.25, 0.3) is 11.4 Å². The zero-order chi connectivity index (χ0) is 20.8. The van der Waals surface area contributed by atoms with Gasteiger partial charge in [-0.1, -0.05) is 60.7 Å². The summed E-state index contributed by atoms with van der Waals surface area (Å²) in [4.78, 5) is 21.9. The number of para-hydroxylation sites is 2. The van der Waals surface area contributed by atoms with Crippen LogP contribution in [0, 0.1) is 11.3 Å². The summed E-state index contributed by atoms with van der Waals surface area (Å²) in [5, 5.41) is 15.3. The predicted octanol–water partition coefficient (Wildman–Crippen LogP) is 5.01. The highest BCUT2D eigenvalue weighted by atomic mass is 16.1. The minimum absolute atomic E-state index is 0.213. The number of nitriles is 1. The van der Waals surface area contributed by atoms with Gasteiger partial charge in [-0.2, -0.15) is 5.26 Å². The van der Waals surface area contributed by atoms with Gasteiger partial charge >= 0.3 is 0 Å². The Balaban J connectivity index is 1.73. The molecule has 4 aromatic rings. The lowest BCUT2D eigenvalue weighted by atomic mass is 10.2. The Bertz CT molecular complexity index is 1220. The number of benzene rings is 3. The maximum atomic E-state index is 12.8. The van der Waals surface area contributed by atoms with Gasteiger partial charge in [-0.25, -0.2) is 9.97 Å². The van der Waals surface area contributed by atoms with Gasteiger partial charge < -0.3 is 10.6 Å². The van der Waals surface area contributed by atoms with Crippen LogP contribution in [-0.2, 0) is 0 Å². The van der Waals surface area contributed by atoms with E-state index in [2.05, 4.69) is 26.7 Å². The van der Waals surface area contributed by atoms with Crippen LogP contribution in [0.15, 0.2) is 91.0 Å². The number of anilines is 3. The molecule has 2 N–H and O–H groups in total. The van der Waals surface area contributed by atoms with Crippen molar-refractivity contribution in [3.8, 4) is 17.5 Å². The Morgan fingerprint density at radius 1 is 0.833 bits per heavy atom. The highest BCUT2D eigenvalue weighted by molar-refractivity contribution is 6.03. The standard InChI is InChI=1S/C24H17N5O/c25-16-18-11-7-8-14-20(18)27-22-15-21(24(30)26-19-12-5-2-6-13-19)28-23(29-22)17-9-3-1-4-10-17/h1-15H,(H,26,30)(H,27,28,29). The third-order valence-corrected chi connectivity index (χ3v) is 4.33. The second-order valence-electron chi connectivity index (χ2n) is 6.43. The fraction of sp³-hybridized carbons (Fsp3) is 0. The summed E-state index contributed by atoms with van der Waals surface area (Å²) in [6.07, 6.45) is 0. The van der Waals surface area contributed by atoms with Crippen molar-refractivity contribution < 1.29 is 4.79 Å². The molecule has 0 aliphatic rings. The normalized spacial score (nSPS) is 10.1. The molecule has 3 aromatic carbocycles. The Morgan fingerprint density at radius 3 is 2.23 bits per heavy atom. The lowest BCUT2D eigenvalue weighted by molar-refractivity contribution is 0.102. The van der Waals surface area contributed by atoms with E-state index in [4.69, 9.17) is 0 Å². The van der Waals surface area contributed by atoms with Crippen LogP contribution in [0.5, 0.6) is 0 Å². The van der Waals surface area contributed by atoms with Gasteiger partial charge in [0.15, 0.2) is 5.82 Å². The van der Waals surface area contributed by atoms with E-state index >= 15 is 0 Å². The van der Waals surface area contributed by atoms with Crippen LogP contribution in [0.2, 0.25) is 0 Å². The van der Waals surface area contributed by atoms with Crippen molar-refractivity contribution in [2.45, 2.75) is 0 Å². The molecule has 0 radical (unpaired) electrons. The maximum absolute atomic E-state index is 12.8. The number of nitrogens with one attached hydrogen (secondary N) is 2. The van der Waals surface area contributed by atoms with Crippen molar-refractivity contribution in [1.29, 1.82) is 5.26 Å². The summed E-state index contributed by atoms with van der Waals surface area (Å²) in [6, 6.07) is 29.4. The average molecular weight is 391 g/mol. The SMILES string of the molecule is N#Cc1ccccc1Nc1cc(C(=O)Nc2ccccc2)nc(-c2ccccc2)n1. The lowest BCUT2D eigenvalue weighted by Crippen LogP contribution is -2.15. The van der Waals surface area contributed by atoms with Crippen LogP contribution in [0.4, 0.5) is 17.2 Å². The molecule has 0 spiro atoms. The first-order valence-corrected chi connectivity index (χ1v) is 9.30. The predicted molar refractivity (Wildman–Crippen MR) is 116 cm³/mol. The summed E-state index contributed by atoms with van der Waals surface area (Å²) in [5.41, 5.74) is 2.75. The van der Waals surface area contributed by atoms with Gasteiger partial charge in [-0.05, 0) is 24.3 Å². The summed E-state index contributed by atoms with van der Waals surface area (Å²) in [5.74, 6) is 0.482. The van der Waals surface area contributed by atoms with Crippen LogP contribution >= 0.6 is 0 Å². The number of rotatable bonds is 5. The molecule has 0 atom stereocenters. The molecule has 0 fully saturated rings. The van der Waals surface area contributed by atoms with Gasteiger partial charge in [0.1, 0.15) is 17.6 Å². The average Bonchev–Trinajstić information content (AvgIpc) is 2.80. The van der Waals surface area contributed by atoms with E-state index in [9.17, 15) is 10.1 Å². The number of nitrogens with zero attached hydrogens (tertiary/aromatic N) is 3. The van der Waals surface area contributed by atoms with E-state index in [0.717, 1.165) is 5.56 Å². The molecular formula is C24H17N5O. The van der Waals surface area contributed by atoms with Crippen LogP contribution in [-0.4, -0.2) is 15.9 Å². The summed E-state index contributed by atoms with van der Waals surface area (Å²) in [7, 11) is 0. The van der Waals surface area contributed by atoms with Crippen molar-refractivity contribution in [2.75, 3.05) is 10.6 Å². The van der Waals surface area contributed by atoms with Crippen LogP contribution < -0.4 is 10.6 Å². The first-order valence-electron chi connectivity index (χ1n) is 9.30. The third-order valence-electron chi connectivity index (χ3n) is 4.33. The molecular weight excluding hydrogens is 374 g/mol. The summed E-state index contributed by atoms with van der Waals surface area (Å²) in [6.45, 7) is 0. The van der Waals surface area contributed by atoms with E-state index < -0.39 is 0 Å². The molecule has 144 valence electrons. The van der Waals surface area contributed by atoms with Gasteiger partial charge in [0, 0.05) is 17.3 Å². The molecule has 0 aliphatic heterocycles. The first-order chi connectivity index (χ1) is 14.7. The molecule has 0 aliphatic carbocycles. The minimum atomic E-state index is -0.350. The van der Waals surface area contributed by atoms with Gasteiger partial charge in [0.25, 0.3) is 5.91 Å². The Labute approximate surface area is 173 Å². The highest BCUT2D eigenvalue weighted by Crippen LogP contribution is 2.23. The Hall–Kier alpha value is -4.50. The Morgan fingerprint density at radius 2 is 1.50 bits per heavy atom. The summed E-state index contributed by atoms with van der Waals surface area (Å²) >= 11 is 0. The highest BCUT2D eigenvalue weighted by Gasteiger charge is 2.14. The number of carbonyl (C=O) groups excluding carboxylic acids is 1. The van der Waals surface area contributed by atoms with Gasteiger partial charge in [-0.3, -0.25) is 4.79 Å². The molecule has 0 bridgehead atoms. The zero-order valence-corrected chi connectivity index (χ0v) is 15.9. The number of carbonyl (C=O) groups is 1. The fourth-order valence-electron chi connectivity index (χ4n) is 2.89. The smallest absolute Gasteiger partial charge is 0.274 e. The zero-order valence-electron chi connectivity index (χ0n) is 15.9. The van der Waals surface area contributed by atoms with E-state index in [1.807, 2.05) is 54.6 Å². The molecule has 4 rings (SSSR count). The molecule has 0 saturated heterocycles. The second-order valence-corrected chi connectivity index (χ2v) is 6.43. The Kier molecular flexibility index (Phi) is 5.45. The van der Waals surface area contributed by atoms with E-state index in [1.54, 1.807) is 36.4 Å². The molecule has 6 heteroatoms. The van der Waals surface area contributed by atoms with Crippen LogP contribution in [0.1, 0.15) is 16.1 Å². The number of amides is 1. The molecule has 1 heterocycles. The molecule has 1 amide bonds. The van der Waals surface area contributed by atoms with Crippen molar-refractivity contribution in [1.82, 2.24) is 9.97 Å². The molecule has 1 aromatic heterocycles. The topological polar surface area (TPSA) is 90.7 Å². The third kappa shape index (κ3) is 4.32. The van der Waals surface area contributed by atoms with Gasteiger partial charge in [0.2, 0.25) is 0 Å². The number of hydrogen-bond acceptors (Lipinski definition) is 5. The van der Waals surface area contributed by atoms with Gasteiger partial charge in [-0.15, -0.1) is 0 Å². The minimum Gasteiger partial charge on any atom is -0.339 e. The first kappa shape index (κ1) is 18.8.